The molecule has 0 unspecified atom stereocenters. The second kappa shape index (κ2) is 5.54. The van der Waals surface area contributed by atoms with Gasteiger partial charge in [0, 0.05) is 5.69 Å². The second-order valence-electron chi connectivity index (χ2n) is 8.61. The van der Waals surface area contributed by atoms with Crippen LogP contribution in [0.25, 0.3) is 0 Å². The highest BCUT2D eigenvalue weighted by Crippen LogP contribution is 2.65. The molecule has 1 aromatic carbocycles. The van der Waals surface area contributed by atoms with Gasteiger partial charge in [0.15, 0.2) is 0 Å². The van der Waals surface area contributed by atoms with Crippen molar-refractivity contribution in [3.05, 3.63) is 41.5 Å². The number of carbonyl (C=O) groups excluding carboxylic acids is 3. The first-order valence-corrected chi connectivity index (χ1v) is 9.82. The van der Waals surface area contributed by atoms with E-state index in [9.17, 15) is 14.4 Å². The van der Waals surface area contributed by atoms with Gasteiger partial charge in [-0.15, -0.1) is 0 Å². The van der Waals surface area contributed by atoms with E-state index < -0.39 is 6.04 Å². The number of benzene rings is 1. The maximum Gasteiger partial charge on any atom is 0.247 e. The molecule has 6 rings (SSSR count). The Morgan fingerprint density at radius 3 is 2.26 bits per heavy atom. The van der Waals surface area contributed by atoms with Gasteiger partial charge in [-0.3, -0.25) is 19.3 Å². The summed E-state index contributed by atoms with van der Waals surface area (Å²) >= 11 is 0. The number of imide groups is 1. The van der Waals surface area contributed by atoms with Gasteiger partial charge in [-0.2, -0.15) is 0 Å². The lowest BCUT2D eigenvalue weighted by atomic mass is 9.63. The first-order valence-electron chi connectivity index (χ1n) is 9.82. The summed E-state index contributed by atoms with van der Waals surface area (Å²) in [5.74, 6) is 0.362. The number of hydrogen-bond donors (Lipinski definition) is 1. The molecular formula is C22H24N2O3. The van der Waals surface area contributed by atoms with Crippen molar-refractivity contribution in [2.45, 2.75) is 33.2 Å². The van der Waals surface area contributed by atoms with Crippen LogP contribution < -0.4 is 5.32 Å². The van der Waals surface area contributed by atoms with Crippen LogP contribution in [-0.2, 0) is 14.4 Å². The van der Waals surface area contributed by atoms with E-state index in [1.165, 1.54) is 4.90 Å². The Kier molecular flexibility index (Phi) is 3.43. The molecular weight excluding hydrogens is 340 g/mol. The molecule has 5 nitrogen and oxygen atoms in total. The van der Waals surface area contributed by atoms with Crippen molar-refractivity contribution < 1.29 is 14.4 Å². The monoisotopic (exact) mass is 364 g/mol. The fourth-order valence-corrected chi connectivity index (χ4v) is 5.60. The van der Waals surface area contributed by atoms with Crippen molar-refractivity contribution in [3.8, 4) is 0 Å². The van der Waals surface area contributed by atoms with Crippen molar-refractivity contribution in [1.29, 1.82) is 0 Å². The quantitative estimate of drug-likeness (QED) is 0.662. The summed E-state index contributed by atoms with van der Waals surface area (Å²) < 4.78 is 0. The van der Waals surface area contributed by atoms with Crippen LogP contribution in [0.3, 0.4) is 0 Å². The van der Waals surface area contributed by atoms with Gasteiger partial charge in [0.2, 0.25) is 17.7 Å². The number of nitrogens with one attached hydrogen (secondary N) is 1. The zero-order valence-corrected chi connectivity index (χ0v) is 15.8. The summed E-state index contributed by atoms with van der Waals surface area (Å²) in [7, 11) is 0. The highest BCUT2D eigenvalue weighted by molar-refractivity contribution is 6.10. The first-order chi connectivity index (χ1) is 12.9. The van der Waals surface area contributed by atoms with Crippen molar-refractivity contribution in [1.82, 2.24) is 4.90 Å². The highest BCUT2D eigenvalue weighted by atomic mass is 16.2. The number of aryl methyl sites for hydroxylation is 1. The summed E-state index contributed by atoms with van der Waals surface area (Å²) in [6.07, 6.45) is 5.43. The van der Waals surface area contributed by atoms with Gasteiger partial charge >= 0.3 is 0 Å². The number of nitrogens with zero attached hydrogens (tertiary/aromatic N) is 1. The lowest BCUT2D eigenvalue weighted by Crippen LogP contribution is -2.46. The van der Waals surface area contributed by atoms with Crippen LogP contribution in [0.15, 0.2) is 30.4 Å². The number of hydrogen-bond acceptors (Lipinski definition) is 3. The molecule has 4 aliphatic carbocycles. The number of rotatable bonds is 3. The van der Waals surface area contributed by atoms with Gasteiger partial charge < -0.3 is 5.32 Å². The fraction of sp³-hybridized carbons (Fsp3) is 0.500. The molecule has 2 bridgehead atoms. The number of amides is 3. The lowest BCUT2D eigenvalue weighted by molar-refractivity contribution is -0.146. The van der Waals surface area contributed by atoms with Crippen LogP contribution in [0.5, 0.6) is 0 Å². The Morgan fingerprint density at radius 1 is 1.07 bits per heavy atom. The van der Waals surface area contributed by atoms with Crippen LogP contribution in [0, 0.1) is 49.4 Å². The molecule has 1 aromatic rings. The van der Waals surface area contributed by atoms with Crippen molar-refractivity contribution in [2.24, 2.45) is 35.5 Å². The Labute approximate surface area is 158 Å². The summed E-state index contributed by atoms with van der Waals surface area (Å²) in [5, 5.41) is 2.91. The third-order valence-corrected chi connectivity index (χ3v) is 7.33. The molecule has 1 aliphatic heterocycles. The Balaban J connectivity index is 1.39. The molecule has 3 amide bonds. The predicted octanol–water partition coefficient (Wildman–Crippen LogP) is 2.68. The molecule has 1 saturated heterocycles. The minimum atomic E-state index is -0.800. The van der Waals surface area contributed by atoms with Gasteiger partial charge in [0.05, 0.1) is 11.8 Å². The van der Waals surface area contributed by atoms with Crippen LogP contribution in [0.4, 0.5) is 5.69 Å². The molecule has 5 heteroatoms. The molecule has 0 aromatic heterocycles. The average Bonchev–Trinajstić information content (AvgIpc) is 3.42. The Hall–Kier alpha value is -2.43. The molecule has 7 atom stereocenters. The van der Waals surface area contributed by atoms with E-state index in [0.717, 1.165) is 23.2 Å². The van der Waals surface area contributed by atoms with Gasteiger partial charge in [-0.25, -0.2) is 0 Å². The topological polar surface area (TPSA) is 66.5 Å². The minimum Gasteiger partial charge on any atom is -0.324 e. The van der Waals surface area contributed by atoms with Crippen LogP contribution >= 0.6 is 0 Å². The smallest absolute Gasteiger partial charge is 0.247 e. The molecule has 5 aliphatic rings. The molecule has 140 valence electrons. The number of anilines is 1. The summed E-state index contributed by atoms with van der Waals surface area (Å²) in [6.45, 7) is 5.59. The first kappa shape index (κ1) is 16.7. The van der Waals surface area contributed by atoms with Gasteiger partial charge in [0.25, 0.3) is 0 Å². The second-order valence-corrected chi connectivity index (χ2v) is 8.61. The fourth-order valence-electron chi connectivity index (χ4n) is 5.60. The molecule has 0 spiro atoms. The molecule has 0 radical (unpaired) electrons. The maximum absolute atomic E-state index is 13.1. The van der Waals surface area contributed by atoms with E-state index in [1.807, 2.05) is 32.0 Å². The van der Waals surface area contributed by atoms with Crippen LogP contribution in [0.1, 0.15) is 24.5 Å². The molecule has 3 fully saturated rings. The van der Waals surface area contributed by atoms with E-state index in [-0.39, 0.29) is 41.4 Å². The van der Waals surface area contributed by atoms with Crippen molar-refractivity contribution in [2.75, 3.05) is 5.32 Å². The Morgan fingerprint density at radius 2 is 1.67 bits per heavy atom. The van der Waals surface area contributed by atoms with Crippen molar-refractivity contribution >= 4 is 23.4 Å². The summed E-state index contributed by atoms with van der Waals surface area (Å²) in [4.78, 5) is 40.3. The largest absolute Gasteiger partial charge is 0.324 e. The SMILES string of the molecule is Cc1cccc(NC(=O)[C@H](C)N2C(=O)[C@@H]3[C@H]4C=C[C@@H]([C@@H]5C[C@H]45)[C@@H]3C2=O)c1C. The number of allylic oxidation sites excluding steroid dienone is 2. The molecule has 1 N–H and O–H groups in total. The zero-order valence-electron chi connectivity index (χ0n) is 15.8. The zero-order chi connectivity index (χ0) is 19.0. The molecule has 2 saturated carbocycles. The number of likely N-dealkylation sites (tertiary alicyclic amines) is 1. The van der Waals surface area contributed by atoms with E-state index >= 15 is 0 Å². The standard InChI is InChI=1S/C22H24N2O3/c1-10-5-4-6-17(11(10)2)23-20(25)12(3)24-21(26)18-13-7-8-14(16-9-15(13)16)19(18)22(24)27/h4-8,12-16,18-19H,9H2,1-3H3,(H,23,25)/t12-,13-,14-,15-,16+,18-,19+/m0/s1. The predicted molar refractivity (Wildman–Crippen MR) is 101 cm³/mol. The summed E-state index contributed by atoms with van der Waals surface area (Å²) in [5.41, 5.74) is 2.81. The summed E-state index contributed by atoms with van der Waals surface area (Å²) in [6, 6.07) is 4.92. The molecule has 1 heterocycles. The van der Waals surface area contributed by atoms with E-state index in [2.05, 4.69) is 17.5 Å². The Bertz CT molecular complexity index is 869. The third-order valence-electron chi connectivity index (χ3n) is 7.33. The molecule has 27 heavy (non-hydrogen) atoms. The minimum absolute atomic E-state index is 0.154. The van der Waals surface area contributed by atoms with E-state index in [1.54, 1.807) is 6.92 Å². The van der Waals surface area contributed by atoms with Crippen LogP contribution in [-0.4, -0.2) is 28.7 Å². The van der Waals surface area contributed by atoms with Gasteiger partial charge in [-0.1, -0.05) is 24.3 Å². The maximum atomic E-state index is 13.1. The van der Waals surface area contributed by atoms with E-state index in [4.69, 9.17) is 0 Å². The normalized spacial score (nSPS) is 36.5. The van der Waals surface area contributed by atoms with E-state index in [0.29, 0.717) is 11.8 Å². The third kappa shape index (κ3) is 2.20. The average molecular weight is 364 g/mol. The van der Waals surface area contributed by atoms with Crippen LogP contribution in [0.2, 0.25) is 0 Å². The number of carbonyl (C=O) groups is 3. The van der Waals surface area contributed by atoms with Gasteiger partial charge in [0.1, 0.15) is 6.04 Å². The van der Waals surface area contributed by atoms with Gasteiger partial charge in [-0.05, 0) is 68.1 Å². The van der Waals surface area contributed by atoms with Crippen molar-refractivity contribution in [3.63, 3.8) is 0 Å². The highest BCUT2D eigenvalue weighted by Gasteiger charge is 2.67. The lowest BCUT2D eigenvalue weighted by Gasteiger charge is -2.37.